The zero-order valence-corrected chi connectivity index (χ0v) is 9.79. The normalized spacial score (nSPS) is 16.7. The number of imide groups is 1. The lowest BCUT2D eigenvalue weighted by Gasteiger charge is -2.22. The summed E-state index contributed by atoms with van der Waals surface area (Å²) >= 11 is 3.17. The lowest BCUT2D eigenvalue weighted by molar-refractivity contribution is -0.205. The summed E-state index contributed by atoms with van der Waals surface area (Å²) in [5.74, 6) is -1.41. The maximum atomic E-state index is 11.2. The lowest BCUT2D eigenvalue weighted by Crippen LogP contribution is -2.41. The van der Waals surface area contributed by atoms with Crippen LogP contribution < -0.4 is 0 Å². The van der Waals surface area contributed by atoms with Crippen molar-refractivity contribution in [3.05, 3.63) is 0 Å². The minimum Gasteiger partial charge on any atom is -0.330 e. The number of alkyl halides is 1. The summed E-state index contributed by atoms with van der Waals surface area (Å²) in [5, 5.41) is 1.28. The third kappa shape index (κ3) is 3.62. The first-order chi connectivity index (χ1) is 7.15. The predicted octanol–water partition coefficient (Wildman–Crippen LogP) is 1.16. The van der Waals surface area contributed by atoms with Crippen LogP contribution in [-0.2, 0) is 19.2 Å². The van der Waals surface area contributed by atoms with E-state index in [-0.39, 0.29) is 19.3 Å². The van der Waals surface area contributed by atoms with Gasteiger partial charge in [0.2, 0.25) is 0 Å². The summed E-state index contributed by atoms with van der Waals surface area (Å²) in [6, 6.07) is 0. The number of nitrogens with zero attached hydrogens (tertiary/aromatic N) is 1. The average Bonchev–Trinajstić information content (AvgIpc) is 2.21. The minimum absolute atomic E-state index is 0.197. The first-order valence-corrected chi connectivity index (χ1v) is 5.90. The molecule has 6 heteroatoms. The van der Waals surface area contributed by atoms with Crippen molar-refractivity contribution in [2.45, 2.75) is 32.1 Å². The second-order valence-corrected chi connectivity index (χ2v) is 3.98. The topological polar surface area (TPSA) is 63.7 Å². The maximum Gasteiger partial charge on any atom is 0.333 e. The van der Waals surface area contributed by atoms with E-state index in [1.54, 1.807) is 0 Å². The Balaban J connectivity index is 2.44. The molecule has 1 saturated heterocycles. The number of hydrogen-bond acceptors (Lipinski definition) is 4. The van der Waals surface area contributed by atoms with E-state index >= 15 is 0 Å². The predicted molar refractivity (Wildman–Crippen MR) is 54.8 cm³/mol. The molecule has 1 aliphatic rings. The highest BCUT2D eigenvalue weighted by molar-refractivity contribution is 9.09. The van der Waals surface area contributed by atoms with Crippen LogP contribution in [0.4, 0.5) is 0 Å². The molecule has 2 amide bonds. The Bertz CT molecular complexity index is 263. The molecule has 15 heavy (non-hydrogen) atoms. The van der Waals surface area contributed by atoms with Crippen molar-refractivity contribution in [1.29, 1.82) is 0 Å². The number of hydrogen-bond donors (Lipinski definition) is 0. The second-order valence-electron chi connectivity index (χ2n) is 3.19. The van der Waals surface area contributed by atoms with Crippen molar-refractivity contribution >= 4 is 33.7 Å². The summed E-state index contributed by atoms with van der Waals surface area (Å²) in [5.41, 5.74) is 0. The maximum absolute atomic E-state index is 11.2. The van der Waals surface area contributed by atoms with Crippen LogP contribution in [0.3, 0.4) is 0 Å². The van der Waals surface area contributed by atoms with Gasteiger partial charge < -0.3 is 4.84 Å². The number of hydroxylamine groups is 2. The van der Waals surface area contributed by atoms with Gasteiger partial charge in [0.1, 0.15) is 0 Å². The Morgan fingerprint density at radius 2 is 1.93 bits per heavy atom. The SMILES string of the molecule is O=C(CCCBr)ON1C(=O)CCCC1=O. The number of halogens is 1. The van der Waals surface area contributed by atoms with E-state index in [0.29, 0.717) is 23.2 Å². The monoisotopic (exact) mass is 277 g/mol. The molecule has 0 unspecified atom stereocenters. The summed E-state index contributed by atoms with van der Waals surface area (Å²) in [4.78, 5) is 38.3. The smallest absolute Gasteiger partial charge is 0.330 e. The molecule has 1 fully saturated rings. The minimum atomic E-state index is -0.543. The van der Waals surface area contributed by atoms with Gasteiger partial charge in [0.15, 0.2) is 0 Å². The largest absolute Gasteiger partial charge is 0.333 e. The van der Waals surface area contributed by atoms with Crippen LogP contribution in [-0.4, -0.2) is 28.2 Å². The summed E-state index contributed by atoms with van der Waals surface area (Å²) < 4.78 is 0. The van der Waals surface area contributed by atoms with Crippen LogP contribution >= 0.6 is 15.9 Å². The molecule has 0 aromatic rings. The van der Waals surface area contributed by atoms with Crippen LogP contribution in [0, 0.1) is 0 Å². The summed E-state index contributed by atoms with van der Waals surface area (Å²) in [7, 11) is 0. The number of carbonyl (C=O) groups is 3. The molecule has 84 valence electrons. The molecule has 0 aromatic heterocycles. The lowest BCUT2D eigenvalue weighted by atomic mass is 10.1. The van der Waals surface area contributed by atoms with Gasteiger partial charge in [-0.25, -0.2) is 4.79 Å². The highest BCUT2D eigenvalue weighted by Gasteiger charge is 2.29. The molecule has 0 atom stereocenters. The van der Waals surface area contributed by atoms with E-state index in [9.17, 15) is 14.4 Å². The molecular formula is C9H12BrNO4. The molecule has 0 N–H and O–H groups in total. The van der Waals surface area contributed by atoms with Crippen molar-refractivity contribution in [2.75, 3.05) is 5.33 Å². The number of rotatable bonds is 4. The standard InChI is InChI=1S/C9H12BrNO4/c10-6-2-5-9(14)15-11-7(12)3-1-4-8(11)13/h1-6H2. The van der Waals surface area contributed by atoms with Crippen LogP contribution in [0.25, 0.3) is 0 Å². The van der Waals surface area contributed by atoms with Crippen molar-refractivity contribution in [3.63, 3.8) is 0 Å². The number of amides is 2. The van der Waals surface area contributed by atoms with Crippen LogP contribution in [0.2, 0.25) is 0 Å². The fraction of sp³-hybridized carbons (Fsp3) is 0.667. The Labute approximate surface area is 95.8 Å². The van der Waals surface area contributed by atoms with Crippen LogP contribution in [0.1, 0.15) is 32.1 Å². The highest BCUT2D eigenvalue weighted by atomic mass is 79.9. The third-order valence-corrected chi connectivity index (χ3v) is 2.50. The molecule has 0 aromatic carbocycles. The molecule has 0 aliphatic carbocycles. The van der Waals surface area contributed by atoms with Crippen molar-refractivity contribution < 1.29 is 19.2 Å². The first-order valence-electron chi connectivity index (χ1n) is 4.77. The van der Waals surface area contributed by atoms with Gasteiger partial charge in [-0.2, -0.15) is 0 Å². The molecule has 1 rings (SSSR count). The van der Waals surface area contributed by atoms with E-state index < -0.39 is 17.8 Å². The van der Waals surface area contributed by atoms with Gasteiger partial charge in [0.25, 0.3) is 11.8 Å². The molecule has 5 nitrogen and oxygen atoms in total. The van der Waals surface area contributed by atoms with E-state index in [4.69, 9.17) is 4.84 Å². The van der Waals surface area contributed by atoms with Gasteiger partial charge >= 0.3 is 5.97 Å². The Hall–Kier alpha value is -0.910. The molecule has 0 radical (unpaired) electrons. The average molecular weight is 278 g/mol. The molecule has 1 heterocycles. The highest BCUT2D eigenvalue weighted by Crippen LogP contribution is 2.13. The van der Waals surface area contributed by atoms with Gasteiger partial charge in [0.05, 0.1) is 0 Å². The van der Waals surface area contributed by atoms with E-state index in [2.05, 4.69) is 15.9 Å². The molecule has 0 saturated carbocycles. The molecule has 0 bridgehead atoms. The second kappa shape index (κ2) is 5.85. The quantitative estimate of drug-likeness (QED) is 0.571. The first kappa shape index (κ1) is 12.2. The van der Waals surface area contributed by atoms with Gasteiger partial charge in [0, 0.05) is 24.6 Å². The Morgan fingerprint density at radius 3 is 2.47 bits per heavy atom. The molecular weight excluding hydrogens is 266 g/mol. The van der Waals surface area contributed by atoms with Gasteiger partial charge in [-0.15, -0.1) is 5.06 Å². The van der Waals surface area contributed by atoms with Crippen molar-refractivity contribution in [2.24, 2.45) is 0 Å². The third-order valence-electron chi connectivity index (χ3n) is 1.94. The zero-order chi connectivity index (χ0) is 11.3. The summed E-state index contributed by atoms with van der Waals surface area (Å²) in [6.45, 7) is 0. The van der Waals surface area contributed by atoms with Gasteiger partial charge in [-0.05, 0) is 12.8 Å². The van der Waals surface area contributed by atoms with E-state index in [0.717, 1.165) is 0 Å². The number of piperidine rings is 1. The summed E-state index contributed by atoms with van der Waals surface area (Å²) in [6.07, 6.45) is 1.87. The van der Waals surface area contributed by atoms with Crippen LogP contribution in [0.15, 0.2) is 0 Å². The zero-order valence-electron chi connectivity index (χ0n) is 8.20. The van der Waals surface area contributed by atoms with Crippen LogP contribution in [0.5, 0.6) is 0 Å². The van der Waals surface area contributed by atoms with E-state index in [1.807, 2.05) is 0 Å². The molecule has 1 aliphatic heterocycles. The van der Waals surface area contributed by atoms with Crippen molar-refractivity contribution in [1.82, 2.24) is 5.06 Å². The Kier molecular flexibility index (Phi) is 4.74. The fourth-order valence-corrected chi connectivity index (χ4v) is 1.47. The molecule has 0 spiro atoms. The fourth-order valence-electron chi connectivity index (χ4n) is 1.19. The number of carbonyl (C=O) groups excluding carboxylic acids is 3. The van der Waals surface area contributed by atoms with Crippen molar-refractivity contribution in [3.8, 4) is 0 Å². The van der Waals surface area contributed by atoms with Gasteiger partial charge in [-0.3, -0.25) is 9.59 Å². The van der Waals surface area contributed by atoms with E-state index in [1.165, 1.54) is 0 Å². The van der Waals surface area contributed by atoms with Gasteiger partial charge in [-0.1, -0.05) is 15.9 Å². The Morgan fingerprint density at radius 1 is 1.33 bits per heavy atom.